The van der Waals surface area contributed by atoms with Crippen molar-refractivity contribution < 1.29 is 9.90 Å². The van der Waals surface area contributed by atoms with E-state index in [2.05, 4.69) is 15.3 Å². The molecule has 2 heterocycles. The zero-order valence-corrected chi connectivity index (χ0v) is 14.5. The van der Waals surface area contributed by atoms with E-state index >= 15 is 0 Å². The van der Waals surface area contributed by atoms with Crippen LogP contribution >= 0.6 is 11.3 Å². The standard InChI is InChI=1S/C19H19N3O2S/c23-15-8-6-14(7-9-15)21-19-20-11-13-10-16(25-18(13)22-19)17(24)12-4-2-1-3-5-12/h1-5,10-11,14-15,23H,6-9H2,(H,20,21,22). The van der Waals surface area contributed by atoms with Crippen molar-refractivity contribution in [1.29, 1.82) is 0 Å². The Bertz CT molecular complexity index is 886. The van der Waals surface area contributed by atoms with Gasteiger partial charge >= 0.3 is 0 Å². The smallest absolute Gasteiger partial charge is 0.224 e. The van der Waals surface area contributed by atoms with Gasteiger partial charge in [-0.2, -0.15) is 0 Å². The first-order valence-electron chi connectivity index (χ1n) is 8.50. The summed E-state index contributed by atoms with van der Waals surface area (Å²) >= 11 is 1.40. The van der Waals surface area contributed by atoms with Gasteiger partial charge < -0.3 is 10.4 Å². The largest absolute Gasteiger partial charge is 0.393 e. The molecule has 1 saturated carbocycles. The Morgan fingerprint density at radius 1 is 1.16 bits per heavy atom. The summed E-state index contributed by atoms with van der Waals surface area (Å²) in [5, 5.41) is 13.8. The highest BCUT2D eigenvalue weighted by atomic mass is 32.1. The predicted molar refractivity (Wildman–Crippen MR) is 99.2 cm³/mol. The van der Waals surface area contributed by atoms with Crippen LogP contribution < -0.4 is 5.32 Å². The van der Waals surface area contributed by atoms with E-state index in [0.29, 0.717) is 22.4 Å². The number of anilines is 1. The first-order chi connectivity index (χ1) is 12.2. The van der Waals surface area contributed by atoms with Crippen molar-refractivity contribution in [3.05, 3.63) is 53.0 Å². The Morgan fingerprint density at radius 2 is 1.92 bits per heavy atom. The molecule has 1 fully saturated rings. The molecule has 2 N–H and O–H groups in total. The molecule has 0 bridgehead atoms. The van der Waals surface area contributed by atoms with Gasteiger partial charge in [0.2, 0.25) is 11.7 Å². The van der Waals surface area contributed by atoms with Crippen LogP contribution in [0.1, 0.15) is 40.9 Å². The minimum Gasteiger partial charge on any atom is -0.393 e. The van der Waals surface area contributed by atoms with Crippen LogP contribution in [0.3, 0.4) is 0 Å². The van der Waals surface area contributed by atoms with Crippen LogP contribution in [0.4, 0.5) is 5.95 Å². The number of benzene rings is 1. The topological polar surface area (TPSA) is 75.1 Å². The van der Waals surface area contributed by atoms with Crippen LogP contribution in [-0.4, -0.2) is 33.0 Å². The van der Waals surface area contributed by atoms with E-state index in [0.717, 1.165) is 35.9 Å². The summed E-state index contributed by atoms with van der Waals surface area (Å²) in [6.07, 6.45) is 5.06. The lowest BCUT2D eigenvalue weighted by atomic mass is 9.93. The highest BCUT2D eigenvalue weighted by Crippen LogP contribution is 2.27. The lowest BCUT2D eigenvalue weighted by molar-refractivity contribution is 0.104. The lowest BCUT2D eigenvalue weighted by Crippen LogP contribution is -2.28. The lowest BCUT2D eigenvalue weighted by Gasteiger charge is -2.26. The van der Waals surface area contributed by atoms with Gasteiger partial charge in [0.15, 0.2) is 0 Å². The zero-order valence-electron chi connectivity index (χ0n) is 13.7. The number of carbonyl (C=O) groups excluding carboxylic acids is 1. The van der Waals surface area contributed by atoms with Crippen LogP contribution in [0.25, 0.3) is 10.2 Å². The van der Waals surface area contributed by atoms with Gasteiger partial charge in [-0.3, -0.25) is 4.79 Å². The zero-order chi connectivity index (χ0) is 17.2. The molecule has 5 nitrogen and oxygen atoms in total. The molecule has 0 atom stereocenters. The van der Waals surface area contributed by atoms with E-state index in [4.69, 9.17) is 0 Å². The SMILES string of the molecule is O=C(c1ccccc1)c1cc2cnc(NC3CCC(O)CC3)nc2s1. The third kappa shape index (κ3) is 3.55. The summed E-state index contributed by atoms with van der Waals surface area (Å²) in [5.41, 5.74) is 0.682. The number of aromatic nitrogens is 2. The average Bonchev–Trinajstić information content (AvgIpc) is 3.07. The maximum absolute atomic E-state index is 12.6. The maximum atomic E-state index is 12.6. The molecule has 2 aromatic heterocycles. The van der Waals surface area contributed by atoms with Gasteiger partial charge in [-0.1, -0.05) is 30.3 Å². The van der Waals surface area contributed by atoms with Crippen LogP contribution in [-0.2, 0) is 0 Å². The number of thiophene rings is 1. The summed E-state index contributed by atoms with van der Waals surface area (Å²) < 4.78 is 0. The second-order valence-corrected chi connectivity index (χ2v) is 7.44. The number of nitrogens with one attached hydrogen (secondary N) is 1. The Hall–Kier alpha value is -2.31. The quantitative estimate of drug-likeness (QED) is 0.701. The van der Waals surface area contributed by atoms with Gasteiger partial charge in [0.05, 0.1) is 11.0 Å². The van der Waals surface area contributed by atoms with E-state index in [1.165, 1.54) is 11.3 Å². The number of hydrogen-bond acceptors (Lipinski definition) is 6. The molecule has 6 heteroatoms. The number of ketones is 1. The van der Waals surface area contributed by atoms with E-state index in [-0.39, 0.29) is 11.9 Å². The number of hydrogen-bond donors (Lipinski definition) is 2. The van der Waals surface area contributed by atoms with Gasteiger partial charge in [0, 0.05) is 23.2 Å². The third-order valence-corrected chi connectivity index (χ3v) is 5.61. The summed E-state index contributed by atoms with van der Waals surface area (Å²) in [4.78, 5) is 23.0. The number of aliphatic hydroxyl groups is 1. The summed E-state index contributed by atoms with van der Waals surface area (Å²) in [6, 6.07) is 11.4. The molecule has 0 aliphatic heterocycles. The third-order valence-electron chi connectivity index (χ3n) is 4.56. The number of carbonyl (C=O) groups is 1. The van der Waals surface area contributed by atoms with Crippen molar-refractivity contribution in [1.82, 2.24) is 9.97 Å². The second kappa shape index (κ2) is 6.90. The number of fused-ring (bicyclic) bond motifs is 1. The van der Waals surface area contributed by atoms with Crippen LogP contribution in [0, 0.1) is 0 Å². The molecule has 0 amide bonds. The van der Waals surface area contributed by atoms with Crippen LogP contribution in [0.15, 0.2) is 42.6 Å². The Labute approximate surface area is 149 Å². The molecule has 1 aliphatic rings. The molecule has 0 radical (unpaired) electrons. The van der Waals surface area contributed by atoms with Crippen molar-refractivity contribution in [2.75, 3.05) is 5.32 Å². The molecule has 25 heavy (non-hydrogen) atoms. The van der Waals surface area contributed by atoms with Gasteiger partial charge in [-0.15, -0.1) is 11.3 Å². The molecule has 0 saturated heterocycles. The average molecular weight is 353 g/mol. The first-order valence-corrected chi connectivity index (χ1v) is 9.31. The van der Waals surface area contributed by atoms with Gasteiger partial charge in [-0.25, -0.2) is 9.97 Å². The van der Waals surface area contributed by atoms with E-state index in [1.54, 1.807) is 6.20 Å². The van der Waals surface area contributed by atoms with Crippen molar-refractivity contribution in [2.45, 2.75) is 37.8 Å². The molecular weight excluding hydrogens is 334 g/mol. The van der Waals surface area contributed by atoms with Crippen LogP contribution in [0.5, 0.6) is 0 Å². The fourth-order valence-corrected chi connectivity index (χ4v) is 4.11. The molecule has 4 rings (SSSR count). The minimum absolute atomic E-state index is 0.0133. The number of nitrogens with zero attached hydrogens (tertiary/aromatic N) is 2. The Balaban J connectivity index is 1.54. The van der Waals surface area contributed by atoms with Crippen molar-refractivity contribution in [3.8, 4) is 0 Å². The van der Waals surface area contributed by atoms with Gasteiger partial charge in [0.1, 0.15) is 4.83 Å². The molecule has 0 spiro atoms. The van der Waals surface area contributed by atoms with E-state index in [1.807, 2.05) is 36.4 Å². The van der Waals surface area contributed by atoms with Crippen molar-refractivity contribution >= 4 is 33.3 Å². The molecule has 1 aliphatic carbocycles. The summed E-state index contributed by atoms with van der Waals surface area (Å²) in [7, 11) is 0. The first kappa shape index (κ1) is 16.2. The summed E-state index contributed by atoms with van der Waals surface area (Å²) in [5.74, 6) is 0.605. The van der Waals surface area contributed by atoms with Crippen LogP contribution in [0.2, 0.25) is 0 Å². The highest BCUT2D eigenvalue weighted by molar-refractivity contribution is 7.20. The summed E-state index contributed by atoms with van der Waals surface area (Å²) in [6.45, 7) is 0. The highest BCUT2D eigenvalue weighted by Gasteiger charge is 2.20. The molecule has 128 valence electrons. The predicted octanol–water partition coefficient (Wildman–Crippen LogP) is 3.64. The maximum Gasteiger partial charge on any atom is 0.224 e. The molecular formula is C19H19N3O2S. The molecule has 0 unspecified atom stereocenters. The Morgan fingerprint density at radius 3 is 2.68 bits per heavy atom. The van der Waals surface area contributed by atoms with Crippen molar-refractivity contribution in [3.63, 3.8) is 0 Å². The van der Waals surface area contributed by atoms with E-state index in [9.17, 15) is 9.90 Å². The fourth-order valence-electron chi connectivity index (χ4n) is 3.15. The minimum atomic E-state index is -0.176. The molecule has 1 aromatic carbocycles. The number of rotatable bonds is 4. The van der Waals surface area contributed by atoms with Gasteiger partial charge in [-0.05, 0) is 31.7 Å². The Kier molecular flexibility index (Phi) is 4.46. The van der Waals surface area contributed by atoms with Crippen molar-refractivity contribution in [2.24, 2.45) is 0 Å². The van der Waals surface area contributed by atoms with E-state index < -0.39 is 0 Å². The second-order valence-electron chi connectivity index (χ2n) is 6.41. The van der Waals surface area contributed by atoms with Gasteiger partial charge in [0.25, 0.3) is 0 Å². The normalized spacial score (nSPS) is 20.5. The number of aliphatic hydroxyl groups excluding tert-OH is 1. The fraction of sp³-hybridized carbons (Fsp3) is 0.316. The molecule has 3 aromatic rings. The monoisotopic (exact) mass is 353 g/mol.